The van der Waals surface area contributed by atoms with Gasteiger partial charge in [0.15, 0.2) is 10.6 Å². The minimum Gasteiger partial charge on any atom is -0.349 e. The lowest BCUT2D eigenvalue weighted by Crippen LogP contribution is -2.32. The second-order valence-corrected chi connectivity index (χ2v) is 8.73. The predicted octanol–water partition coefficient (Wildman–Crippen LogP) is 4.54. The Bertz CT molecular complexity index is 1080. The van der Waals surface area contributed by atoms with Crippen molar-refractivity contribution in [1.29, 1.82) is 0 Å². The largest absolute Gasteiger partial charge is 0.349 e. The molecule has 2 heterocycles. The number of amides is 2. The van der Waals surface area contributed by atoms with Crippen LogP contribution in [0, 0.1) is 4.77 Å². The molecule has 0 bridgehead atoms. The molecular formula is C21H23N5O2S2. The van der Waals surface area contributed by atoms with Crippen molar-refractivity contribution in [2.75, 3.05) is 5.32 Å². The van der Waals surface area contributed by atoms with E-state index in [1.54, 1.807) is 35.8 Å². The number of benzene rings is 1. The first-order chi connectivity index (χ1) is 14.5. The van der Waals surface area contributed by atoms with Gasteiger partial charge < -0.3 is 10.6 Å². The maximum absolute atomic E-state index is 12.8. The summed E-state index contributed by atoms with van der Waals surface area (Å²) in [4.78, 5) is 26.1. The fourth-order valence-electron chi connectivity index (χ4n) is 3.65. The quantitative estimate of drug-likeness (QED) is 0.490. The number of nitrogens with one attached hydrogen (secondary N) is 3. The third-order valence-electron chi connectivity index (χ3n) is 5.32. The molecule has 2 aromatic heterocycles. The van der Waals surface area contributed by atoms with Gasteiger partial charge in [0.05, 0.1) is 4.88 Å². The van der Waals surface area contributed by atoms with E-state index in [9.17, 15) is 9.59 Å². The molecule has 0 aliphatic heterocycles. The summed E-state index contributed by atoms with van der Waals surface area (Å²) >= 11 is 6.87. The molecule has 1 aromatic carbocycles. The first-order valence-electron chi connectivity index (χ1n) is 9.95. The Balaban J connectivity index is 1.43. The molecule has 1 saturated carbocycles. The van der Waals surface area contributed by atoms with Crippen LogP contribution in [0.2, 0.25) is 0 Å². The summed E-state index contributed by atoms with van der Waals surface area (Å²) < 4.78 is 2.10. The van der Waals surface area contributed by atoms with Gasteiger partial charge in [-0.1, -0.05) is 18.9 Å². The molecule has 1 unspecified atom stereocenters. The van der Waals surface area contributed by atoms with Gasteiger partial charge in [-0.3, -0.25) is 19.3 Å². The third-order valence-corrected chi connectivity index (χ3v) is 6.47. The molecule has 30 heavy (non-hydrogen) atoms. The standard InChI is InChI=1S/C21H23N5O2S2/c1-13(26-18(24-25-21(26)29)17-7-4-12-30-17)19(27)22-16-10-8-14(9-11-16)20(28)23-15-5-2-3-6-15/h4,7-13,15H,2-3,5-6H2,1H3,(H,22,27)(H,23,28)(H,25,29). The molecule has 0 radical (unpaired) electrons. The topological polar surface area (TPSA) is 91.8 Å². The number of thiophene rings is 1. The van der Waals surface area contributed by atoms with Crippen molar-refractivity contribution in [3.05, 3.63) is 52.1 Å². The SMILES string of the molecule is CC(C(=O)Nc1ccc(C(=O)NC2CCCC2)cc1)n1c(-c2cccs2)n[nH]c1=S. The van der Waals surface area contributed by atoms with E-state index in [1.807, 2.05) is 17.5 Å². The van der Waals surface area contributed by atoms with E-state index >= 15 is 0 Å². The molecule has 156 valence electrons. The number of H-pyrrole nitrogens is 1. The summed E-state index contributed by atoms with van der Waals surface area (Å²) in [5.74, 6) is 0.350. The molecule has 1 aliphatic carbocycles. The fourth-order valence-corrected chi connectivity index (χ4v) is 4.65. The van der Waals surface area contributed by atoms with E-state index in [-0.39, 0.29) is 17.9 Å². The van der Waals surface area contributed by atoms with E-state index in [0.717, 1.165) is 17.7 Å². The van der Waals surface area contributed by atoms with Crippen molar-refractivity contribution in [3.8, 4) is 10.7 Å². The molecule has 0 saturated heterocycles. The minimum atomic E-state index is -0.557. The zero-order valence-corrected chi connectivity index (χ0v) is 18.2. The van der Waals surface area contributed by atoms with E-state index in [2.05, 4.69) is 20.8 Å². The van der Waals surface area contributed by atoms with Gasteiger partial charge in [-0.05, 0) is 67.7 Å². The first kappa shape index (κ1) is 20.5. The predicted molar refractivity (Wildman–Crippen MR) is 120 cm³/mol. The molecular weight excluding hydrogens is 418 g/mol. The van der Waals surface area contributed by atoms with Gasteiger partial charge in [-0.15, -0.1) is 11.3 Å². The van der Waals surface area contributed by atoms with Gasteiger partial charge in [-0.25, -0.2) is 0 Å². The highest BCUT2D eigenvalue weighted by Crippen LogP contribution is 2.26. The van der Waals surface area contributed by atoms with Crippen LogP contribution in [0.15, 0.2) is 41.8 Å². The fraction of sp³-hybridized carbons (Fsp3) is 0.333. The van der Waals surface area contributed by atoms with Crippen molar-refractivity contribution in [2.45, 2.75) is 44.7 Å². The summed E-state index contributed by atoms with van der Waals surface area (Å²) in [5, 5.41) is 15.0. The Morgan fingerprint density at radius 2 is 1.97 bits per heavy atom. The highest BCUT2D eigenvalue weighted by molar-refractivity contribution is 7.71. The Hall–Kier alpha value is -2.78. The summed E-state index contributed by atoms with van der Waals surface area (Å²) in [5.41, 5.74) is 1.21. The number of anilines is 1. The van der Waals surface area contributed by atoms with E-state index in [0.29, 0.717) is 21.8 Å². The third kappa shape index (κ3) is 4.36. The van der Waals surface area contributed by atoms with Crippen molar-refractivity contribution in [3.63, 3.8) is 0 Å². The van der Waals surface area contributed by atoms with E-state index in [1.165, 1.54) is 24.2 Å². The molecule has 3 N–H and O–H groups in total. The molecule has 3 aromatic rings. The number of hydrogen-bond donors (Lipinski definition) is 3. The molecule has 1 fully saturated rings. The van der Waals surface area contributed by atoms with Crippen LogP contribution >= 0.6 is 23.6 Å². The number of nitrogens with zero attached hydrogens (tertiary/aromatic N) is 2. The highest BCUT2D eigenvalue weighted by Gasteiger charge is 2.22. The Morgan fingerprint density at radius 3 is 2.63 bits per heavy atom. The number of rotatable bonds is 6. The number of aromatic amines is 1. The lowest BCUT2D eigenvalue weighted by atomic mass is 10.1. The maximum Gasteiger partial charge on any atom is 0.251 e. The monoisotopic (exact) mass is 441 g/mol. The van der Waals surface area contributed by atoms with Crippen molar-refractivity contribution in [1.82, 2.24) is 20.1 Å². The van der Waals surface area contributed by atoms with E-state index in [4.69, 9.17) is 12.2 Å². The van der Waals surface area contributed by atoms with Crippen LogP contribution in [0.25, 0.3) is 10.7 Å². The molecule has 2 amide bonds. The van der Waals surface area contributed by atoms with Crippen LogP contribution in [-0.4, -0.2) is 32.6 Å². The van der Waals surface area contributed by atoms with Gasteiger partial charge in [0.1, 0.15) is 6.04 Å². The number of aromatic nitrogens is 3. The van der Waals surface area contributed by atoms with Crippen LogP contribution in [-0.2, 0) is 4.79 Å². The van der Waals surface area contributed by atoms with Gasteiger partial charge in [0.25, 0.3) is 5.91 Å². The van der Waals surface area contributed by atoms with E-state index < -0.39 is 6.04 Å². The average molecular weight is 442 g/mol. The summed E-state index contributed by atoms with van der Waals surface area (Å²) in [7, 11) is 0. The van der Waals surface area contributed by atoms with Gasteiger partial charge in [0.2, 0.25) is 5.91 Å². The summed E-state index contributed by atoms with van der Waals surface area (Å²) in [6.07, 6.45) is 4.43. The van der Waals surface area contributed by atoms with Gasteiger partial charge in [-0.2, -0.15) is 5.10 Å². The first-order valence-corrected chi connectivity index (χ1v) is 11.2. The average Bonchev–Trinajstić information content (AvgIpc) is 3.50. The highest BCUT2D eigenvalue weighted by atomic mass is 32.1. The number of hydrogen-bond acceptors (Lipinski definition) is 5. The zero-order valence-electron chi connectivity index (χ0n) is 16.6. The van der Waals surface area contributed by atoms with Gasteiger partial charge in [0, 0.05) is 17.3 Å². The second kappa shape index (κ2) is 8.93. The Morgan fingerprint density at radius 1 is 1.23 bits per heavy atom. The smallest absolute Gasteiger partial charge is 0.251 e. The molecule has 0 spiro atoms. The lowest BCUT2D eigenvalue weighted by molar-refractivity contribution is -0.118. The van der Waals surface area contributed by atoms with Crippen LogP contribution in [0.1, 0.15) is 49.0 Å². The Kier molecular flexibility index (Phi) is 6.10. The van der Waals surface area contributed by atoms with Crippen LogP contribution in [0.5, 0.6) is 0 Å². The molecule has 1 atom stereocenters. The van der Waals surface area contributed by atoms with Crippen LogP contribution in [0.4, 0.5) is 5.69 Å². The minimum absolute atomic E-state index is 0.0709. The van der Waals surface area contributed by atoms with Crippen LogP contribution < -0.4 is 10.6 Å². The summed E-state index contributed by atoms with van der Waals surface area (Å²) in [6, 6.07) is 10.5. The Labute approximate surface area is 183 Å². The molecule has 9 heteroatoms. The van der Waals surface area contributed by atoms with Crippen molar-refractivity contribution in [2.24, 2.45) is 0 Å². The zero-order chi connectivity index (χ0) is 21.1. The lowest BCUT2D eigenvalue weighted by Gasteiger charge is -2.16. The van der Waals surface area contributed by atoms with Crippen LogP contribution in [0.3, 0.4) is 0 Å². The maximum atomic E-state index is 12.8. The van der Waals surface area contributed by atoms with Crippen molar-refractivity contribution >= 4 is 41.1 Å². The summed E-state index contributed by atoms with van der Waals surface area (Å²) in [6.45, 7) is 1.78. The van der Waals surface area contributed by atoms with Gasteiger partial charge >= 0.3 is 0 Å². The molecule has 7 nitrogen and oxygen atoms in total. The second-order valence-electron chi connectivity index (χ2n) is 7.40. The van der Waals surface area contributed by atoms with Crippen molar-refractivity contribution < 1.29 is 9.59 Å². The molecule has 1 aliphatic rings. The number of carbonyl (C=O) groups is 2. The normalized spacial score (nSPS) is 15.1. The molecule has 4 rings (SSSR count). The number of carbonyl (C=O) groups excluding carboxylic acids is 2.